The maximum atomic E-state index is 12.2. The molecule has 1 heterocycles. The number of likely N-dealkylation sites (N-methyl/N-ethyl adjacent to an activating group) is 1. The molecule has 1 atom stereocenters. The summed E-state index contributed by atoms with van der Waals surface area (Å²) in [7, 11) is 1.55. The molecule has 16 heavy (non-hydrogen) atoms. The number of benzene rings is 1. The Morgan fingerprint density at radius 3 is 2.50 bits per heavy atom. The molecule has 0 saturated heterocycles. The molecule has 3 heteroatoms. The number of hydrogen-bond donors (Lipinski definition) is 0. The maximum Gasteiger partial charge on any atom is 0.260 e. The van der Waals surface area contributed by atoms with Crippen LogP contribution in [0.15, 0.2) is 24.3 Å². The van der Waals surface area contributed by atoms with Crippen LogP contribution in [0.4, 0.5) is 0 Å². The molecule has 0 spiro atoms. The molecule has 1 aromatic carbocycles. The molecular formula is C13H15NO2. The van der Waals surface area contributed by atoms with Crippen LogP contribution in [0.1, 0.15) is 36.2 Å². The molecule has 2 amide bonds. The van der Waals surface area contributed by atoms with Crippen molar-refractivity contribution in [2.45, 2.75) is 25.7 Å². The van der Waals surface area contributed by atoms with E-state index < -0.39 is 5.41 Å². The smallest absolute Gasteiger partial charge is 0.260 e. The largest absolute Gasteiger partial charge is 0.281 e. The molecule has 0 saturated carbocycles. The maximum absolute atomic E-state index is 12.2. The highest BCUT2D eigenvalue weighted by atomic mass is 16.2. The number of hydrogen-bond acceptors (Lipinski definition) is 2. The molecule has 1 aliphatic heterocycles. The van der Waals surface area contributed by atoms with Crippen LogP contribution in [0.25, 0.3) is 0 Å². The van der Waals surface area contributed by atoms with Gasteiger partial charge in [-0.1, -0.05) is 25.1 Å². The Morgan fingerprint density at radius 1 is 1.25 bits per heavy atom. The van der Waals surface area contributed by atoms with Crippen molar-refractivity contribution < 1.29 is 9.59 Å². The molecule has 84 valence electrons. The van der Waals surface area contributed by atoms with Crippen molar-refractivity contribution in [3.8, 4) is 0 Å². The van der Waals surface area contributed by atoms with Crippen LogP contribution in [-0.2, 0) is 10.2 Å². The van der Waals surface area contributed by atoms with Crippen molar-refractivity contribution in [2.24, 2.45) is 0 Å². The summed E-state index contributed by atoms with van der Waals surface area (Å²) in [6, 6.07) is 7.37. The van der Waals surface area contributed by atoms with Gasteiger partial charge in [-0.2, -0.15) is 0 Å². The summed E-state index contributed by atoms with van der Waals surface area (Å²) in [5, 5.41) is 0. The number of carbonyl (C=O) groups is 2. The van der Waals surface area contributed by atoms with E-state index in [1.165, 1.54) is 4.90 Å². The Hall–Kier alpha value is -1.64. The number of fused-ring (bicyclic) bond motifs is 1. The van der Waals surface area contributed by atoms with Gasteiger partial charge in [-0.25, -0.2) is 0 Å². The highest BCUT2D eigenvalue weighted by molar-refractivity contribution is 6.12. The molecule has 0 unspecified atom stereocenters. The predicted octanol–water partition coefficient (Wildman–Crippen LogP) is 1.97. The third kappa shape index (κ3) is 1.21. The first-order valence-electron chi connectivity index (χ1n) is 5.44. The van der Waals surface area contributed by atoms with Crippen molar-refractivity contribution in [2.75, 3.05) is 7.05 Å². The summed E-state index contributed by atoms with van der Waals surface area (Å²) in [6.07, 6.45) is 0.695. The van der Waals surface area contributed by atoms with Gasteiger partial charge in [-0.05, 0) is 25.0 Å². The average molecular weight is 217 g/mol. The molecule has 0 N–H and O–H groups in total. The molecule has 0 aromatic heterocycles. The van der Waals surface area contributed by atoms with E-state index in [1.807, 2.05) is 32.0 Å². The summed E-state index contributed by atoms with van der Waals surface area (Å²) < 4.78 is 0. The van der Waals surface area contributed by atoms with Crippen LogP contribution >= 0.6 is 0 Å². The first-order chi connectivity index (χ1) is 7.52. The topological polar surface area (TPSA) is 37.4 Å². The molecule has 2 rings (SSSR count). The summed E-state index contributed by atoms with van der Waals surface area (Å²) in [4.78, 5) is 25.3. The van der Waals surface area contributed by atoms with Gasteiger partial charge in [0, 0.05) is 12.6 Å². The molecule has 1 aromatic rings. The van der Waals surface area contributed by atoms with Crippen LogP contribution in [0.5, 0.6) is 0 Å². The van der Waals surface area contributed by atoms with E-state index >= 15 is 0 Å². The third-order valence-electron chi connectivity index (χ3n) is 3.54. The SMILES string of the molecule is CC[C@]1(C)C(=O)N(C)C(=O)c2ccccc21. The highest BCUT2D eigenvalue weighted by Crippen LogP contribution is 2.36. The second kappa shape index (κ2) is 3.44. The quantitative estimate of drug-likeness (QED) is 0.674. The minimum atomic E-state index is -0.570. The van der Waals surface area contributed by atoms with Crippen LogP contribution in [0.2, 0.25) is 0 Å². The first-order valence-corrected chi connectivity index (χ1v) is 5.44. The number of imide groups is 1. The van der Waals surface area contributed by atoms with Gasteiger partial charge in [-0.15, -0.1) is 0 Å². The van der Waals surface area contributed by atoms with Crippen molar-refractivity contribution in [3.05, 3.63) is 35.4 Å². The fourth-order valence-corrected chi connectivity index (χ4v) is 2.25. The molecule has 0 fully saturated rings. The van der Waals surface area contributed by atoms with Gasteiger partial charge in [0.25, 0.3) is 5.91 Å². The third-order valence-corrected chi connectivity index (χ3v) is 3.54. The lowest BCUT2D eigenvalue weighted by atomic mass is 9.74. The molecule has 0 radical (unpaired) electrons. The second-order valence-electron chi connectivity index (χ2n) is 4.40. The standard InChI is InChI=1S/C13H15NO2/c1-4-13(2)10-8-6-5-7-9(10)11(15)14(3)12(13)16/h5-8H,4H2,1-3H3/t13-/m0/s1. The van der Waals surface area contributed by atoms with Crippen molar-refractivity contribution in [1.29, 1.82) is 0 Å². The minimum Gasteiger partial charge on any atom is -0.281 e. The molecule has 3 nitrogen and oxygen atoms in total. The summed E-state index contributed by atoms with van der Waals surface area (Å²) in [6.45, 7) is 3.87. The molecule has 0 aliphatic carbocycles. The fourth-order valence-electron chi connectivity index (χ4n) is 2.25. The average Bonchev–Trinajstić information content (AvgIpc) is 2.33. The second-order valence-corrected chi connectivity index (χ2v) is 4.40. The van der Waals surface area contributed by atoms with Crippen LogP contribution in [0, 0.1) is 0 Å². The van der Waals surface area contributed by atoms with Gasteiger partial charge in [0.15, 0.2) is 0 Å². The minimum absolute atomic E-state index is 0.112. The van der Waals surface area contributed by atoms with E-state index in [1.54, 1.807) is 13.1 Å². The normalized spacial score (nSPS) is 24.6. The molecule has 1 aliphatic rings. The van der Waals surface area contributed by atoms with Crippen molar-refractivity contribution >= 4 is 11.8 Å². The Labute approximate surface area is 95.1 Å². The van der Waals surface area contributed by atoms with Crippen LogP contribution in [-0.4, -0.2) is 23.8 Å². The van der Waals surface area contributed by atoms with E-state index in [0.29, 0.717) is 12.0 Å². The van der Waals surface area contributed by atoms with E-state index in [2.05, 4.69) is 0 Å². The van der Waals surface area contributed by atoms with E-state index in [0.717, 1.165) is 5.56 Å². The van der Waals surface area contributed by atoms with Crippen LogP contribution in [0.3, 0.4) is 0 Å². The summed E-state index contributed by atoms with van der Waals surface area (Å²) in [5.41, 5.74) is 0.929. The van der Waals surface area contributed by atoms with Gasteiger partial charge >= 0.3 is 0 Å². The van der Waals surface area contributed by atoms with E-state index in [-0.39, 0.29) is 11.8 Å². The van der Waals surface area contributed by atoms with Gasteiger partial charge in [0.05, 0.1) is 5.41 Å². The fraction of sp³-hybridized carbons (Fsp3) is 0.385. The number of carbonyl (C=O) groups excluding carboxylic acids is 2. The Morgan fingerprint density at radius 2 is 1.88 bits per heavy atom. The van der Waals surface area contributed by atoms with Gasteiger partial charge in [0.1, 0.15) is 0 Å². The van der Waals surface area contributed by atoms with Gasteiger partial charge in [-0.3, -0.25) is 14.5 Å². The Kier molecular flexibility index (Phi) is 2.34. The number of rotatable bonds is 1. The zero-order valence-corrected chi connectivity index (χ0v) is 9.78. The zero-order chi connectivity index (χ0) is 11.9. The summed E-state index contributed by atoms with van der Waals surface area (Å²) in [5.74, 6) is -0.315. The van der Waals surface area contributed by atoms with Crippen molar-refractivity contribution in [3.63, 3.8) is 0 Å². The van der Waals surface area contributed by atoms with Gasteiger partial charge < -0.3 is 0 Å². The lowest BCUT2D eigenvalue weighted by Crippen LogP contribution is -2.50. The predicted molar refractivity (Wildman–Crippen MR) is 61.2 cm³/mol. The van der Waals surface area contributed by atoms with Gasteiger partial charge in [0.2, 0.25) is 5.91 Å². The van der Waals surface area contributed by atoms with Crippen molar-refractivity contribution in [1.82, 2.24) is 4.90 Å². The molecule has 0 bridgehead atoms. The zero-order valence-electron chi connectivity index (χ0n) is 9.78. The lowest BCUT2D eigenvalue weighted by molar-refractivity contribution is -0.133. The first kappa shape index (κ1) is 10.9. The summed E-state index contributed by atoms with van der Waals surface area (Å²) >= 11 is 0. The molecular weight excluding hydrogens is 202 g/mol. The number of nitrogens with zero attached hydrogens (tertiary/aromatic N) is 1. The lowest BCUT2D eigenvalue weighted by Gasteiger charge is -2.37. The monoisotopic (exact) mass is 217 g/mol. The number of amides is 2. The highest BCUT2D eigenvalue weighted by Gasteiger charge is 2.44. The Bertz CT molecular complexity index is 467. The Balaban J connectivity index is 2.71. The van der Waals surface area contributed by atoms with E-state index in [9.17, 15) is 9.59 Å². The van der Waals surface area contributed by atoms with Crippen LogP contribution < -0.4 is 0 Å². The van der Waals surface area contributed by atoms with E-state index in [4.69, 9.17) is 0 Å².